The summed E-state index contributed by atoms with van der Waals surface area (Å²) in [5.74, 6) is 0.0229. The number of nitrogens with one attached hydrogen (secondary N) is 1. The Morgan fingerprint density at radius 2 is 1.84 bits per heavy atom. The van der Waals surface area contributed by atoms with Crippen LogP contribution in [-0.2, 0) is 6.18 Å². The smallest absolute Gasteiger partial charge is 0.416 e. The molecular formula is C16H22F3N5O. The summed E-state index contributed by atoms with van der Waals surface area (Å²) in [6.45, 7) is 7.37. The first-order valence-corrected chi connectivity index (χ1v) is 8.30. The van der Waals surface area contributed by atoms with Crippen LogP contribution in [0.1, 0.15) is 32.3 Å². The lowest BCUT2D eigenvalue weighted by Crippen LogP contribution is -2.35. The molecule has 0 aliphatic rings. The number of hydrogen-bond donors (Lipinski definition) is 1. The second-order valence-corrected chi connectivity index (χ2v) is 5.78. The zero-order valence-electron chi connectivity index (χ0n) is 14.3. The highest BCUT2D eigenvalue weighted by molar-refractivity contribution is 5.72. The second kappa shape index (κ2) is 8.28. The van der Waals surface area contributed by atoms with Gasteiger partial charge in [0.2, 0.25) is 0 Å². The average Bonchev–Trinajstić information content (AvgIpc) is 2.54. The van der Waals surface area contributed by atoms with Crippen molar-refractivity contribution in [2.45, 2.75) is 32.9 Å². The summed E-state index contributed by atoms with van der Waals surface area (Å²) >= 11 is 0. The molecule has 0 bridgehead atoms. The highest BCUT2D eigenvalue weighted by Gasteiger charge is 2.31. The Balaban J connectivity index is 2.13. The Labute approximate surface area is 144 Å². The van der Waals surface area contributed by atoms with Gasteiger partial charge in [-0.05, 0) is 42.9 Å². The van der Waals surface area contributed by atoms with Crippen molar-refractivity contribution in [1.82, 2.24) is 15.0 Å². The molecule has 2 rings (SSSR count). The second-order valence-electron chi connectivity index (χ2n) is 5.78. The molecular weight excluding hydrogens is 335 g/mol. The number of fused-ring (bicyclic) bond motifs is 1. The summed E-state index contributed by atoms with van der Waals surface area (Å²) < 4.78 is 38.4. The summed E-state index contributed by atoms with van der Waals surface area (Å²) in [4.78, 5) is 6.59. The van der Waals surface area contributed by atoms with E-state index in [1.807, 2.05) is 0 Å². The van der Waals surface area contributed by atoms with Gasteiger partial charge >= 0.3 is 6.18 Å². The van der Waals surface area contributed by atoms with Crippen molar-refractivity contribution in [3.8, 4) is 0 Å². The van der Waals surface area contributed by atoms with Crippen LogP contribution in [0.4, 0.5) is 19.1 Å². The van der Waals surface area contributed by atoms with Crippen LogP contribution in [0, 0.1) is 5.21 Å². The number of nitrogens with zero attached hydrogens (tertiary/aromatic N) is 4. The molecule has 0 saturated carbocycles. The molecule has 0 spiro atoms. The van der Waals surface area contributed by atoms with Gasteiger partial charge in [-0.2, -0.15) is 13.2 Å². The fourth-order valence-electron chi connectivity index (χ4n) is 2.60. The van der Waals surface area contributed by atoms with Gasteiger partial charge < -0.3 is 15.4 Å². The van der Waals surface area contributed by atoms with Gasteiger partial charge in [0.05, 0.1) is 10.7 Å². The summed E-state index contributed by atoms with van der Waals surface area (Å²) in [6, 6.07) is 2.79. The van der Waals surface area contributed by atoms with E-state index < -0.39 is 11.7 Å². The van der Waals surface area contributed by atoms with Gasteiger partial charge in [-0.15, -0.1) is 0 Å². The topological polar surface area (TPSA) is 68.0 Å². The van der Waals surface area contributed by atoms with E-state index in [1.54, 1.807) is 0 Å². The summed E-state index contributed by atoms with van der Waals surface area (Å²) in [7, 11) is 0. The molecule has 0 aliphatic carbocycles. The highest BCUT2D eigenvalue weighted by atomic mass is 19.4. The number of rotatable bonds is 8. The van der Waals surface area contributed by atoms with Crippen LogP contribution in [0.5, 0.6) is 0 Å². The third-order valence-electron chi connectivity index (χ3n) is 3.71. The van der Waals surface area contributed by atoms with Crippen molar-refractivity contribution in [1.29, 1.82) is 0 Å². The molecule has 1 N–H and O–H groups in total. The molecule has 2 aromatic rings. The van der Waals surface area contributed by atoms with Crippen molar-refractivity contribution < 1.29 is 18.0 Å². The summed E-state index contributed by atoms with van der Waals surface area (Å²) in [6.07, 6.45) is -2.41. The minimum Gasteiger partial charge on any atom is -0.594 e. The summed E-state index contributed by atoms with van der Waals surface area (Å²) in [5, 5.41) is 18.5. The average molecular weight is 357 g/mol. The number of anilines is 1. The van der Waals surface area contributed by atoms with Crippen molar-refractivity contribution in [3.05, 3.63) is 29.0 Å². The molecule has 9 heteroatoms. The Morgan fingerprint density at radius 1 is 1.16 bits per heavy atom. The van der Waals surface area contributed by atoms with E-state index in [2.05, 4.69) is 34.1 Å². The third-order valence-corrected chi connectivity index (χ3v) is 3.71. The van der Waals surface area contributed by atoms with E-state index in [1.165, 1.54) is 0 Å². The van der Waals surface area contributed by atoms with Crippen LogP contribution < -0.4 is 10.2 Å². The molecule has 0 saturated heterocycles. The van der Waals surface area contributed by atoms with E-state index in [0.29, 0.717) is 11.4 Å². The monoisotopic (exact) mass is 357 g/mol. The van der Waals surface area contributed by atoms with E-state index in [0.717, 1.165) is 50.7 Å². The molecule has 0 amide bonds. The molecule has 1 aromatic heterocycles. The third kappa shape index (κ3) is 5.15. The minimum atomic E-state index is -4.48. The molecule has 0 unspecified atom stereocenters. The maximum atomic E-state index is 12.8. The quantitative estimate of drug-likeness (QED) is 0.581. The van der Waals surface area contributed by atoms with E-state index in [4.69, 9.17) is 0 Å². The highest BCUT2D eigenvalue weighted by Crippen LogP contribution is 2.30. The Kier molecular flexibility index (Phi) is 6.35. The molecule has 25 heavy (non-hydrogen) atoms. The van der Waals surface area contributed by atoms with E-state index >= 15 is 0 Å². The van der Waals surface area contributed by atoms with Gasteiger partial charge in [-0.3, -0.25) is 0 Å². The Bertz CT molecular complexity index is 702. The first kappa shape index (κ1) is 19.2. The van der Waals surface area contributed by atoms with Crippen LogP contribution in [0.15, 0.2) is 18.2 Å². The zero-order chi connectivity index (χ0) is 18.4. The SMILES string of the molecule is CCCN(CCC)CCNc1nc2cc(C(F)(F)F)ccc2[n+]([O-])n1. The molecule has 0 fully saturated rings. The van der Waals surface area contributed by atoms with Gasteiger partial charge in [0, 0.05) is 19.2 Å². The van der Waals surface area contributed by atoms with Crippen LogP contribution >= 0.6 is 0 Å². The molecule has 138 valence electrons. The number of hydrogen-bond acceptors (Lipinski definition) is 5. The summed E-state index contributed by atoms with van der Waals surface area (Å²) in [5.41, 5.74) is -0.889. The van der Waals surface area contributed by atoms with Gasteiger partial charge in [0.25, 0.3) is 11.5 Å². The normalized spacial score (nSPS) is 12.1. The van der Waals surface area contributed by atoms with Crippen LogP contribution in [0.3, 0.4) is 0 Å². The predicted molar refractivity (Wildman–Crippen MR) is 89.0 cm³/mol. The van der Waals surface area contributed by atoms with Gasteiger partial charge in [-0.25, -0.2) is 4.98 Å². The largest absolute Gasteiger partial charge is 0.594 e. The van der Waals surface area contributed by atoms with Crippen LogP contribution in [0.2, 0.25) is 0 Å². The van der Waals surface area contributed by atoms with Gasteiger partial charge in [-0.1, -0.05) is 13.8 Å². The fraction of sp³-hybridized carbons (Fsp3) is 0.562. The lowest BCUT2D eigenvalue weighted by molar-refractivity contribution is -0.641. The molecule has 6 nitrogen and oxygen atoms in total. The lowest BCUT2D eigenvalue weighted by Gasteiger charge is -2.20. The van der Waals surface area contributed by atoms with E-state index in [9.17, 15) is 18.4 Å². The molecule has 0 radical (unpaired) electrons. The predicted octanol–water partition coefficient (Wildman–Crippen LogP) is 2.82. The van der Waals surface area contributed by atoms with Gasteiger partial charge in [0.15, 0.2) is 0 Å². The first-order chi connectivity index (χ1) is 11.8. The number of aromatic nitrogens is 3. The minimum absolute atomic E-state index is 0.00265. The fourth-order valence-corrected chi connectivity index (χ4v) is 2.60. The van der Waals surface area contributed by atoms with Gasteiger partial charge in [0.1, 0.15) is 5.52 Å². The maximum Gasteiger partial charge on any atom is 0.416 e. The number of halogens is 3. The number of alkyl halides is 3. The Hall–Kier alpha value is -2.16. The van der Waals surface area contributed by atoms with Crippen LogP contribution in [-0.4, -0.2) is 41.2 Å². The molecule has 1 aromatic carbocycles. The molecule has 0 atom stereocenters. The van der Waals surface area contributed by atoms with Crippen molar-refractivity contribution in [3.63, 3.8) is 0 Å². The van der Waals surface area contributed by atoms with Crippen molar-refractivity contribution in [2.75, 3.05) is 31.5 Å². The van der Waals surface area contributed by atoms with Crippen LogP contribution in [0.25, 0.3) is 11.0 Å². The van der Waals surface area contributed by atoms with E-state index in [-0.39, 0.29) is 17.0 Å². The molecule has 1 heterocycles. The first-order valence-electron chi connectivity index (χ1n) is 8.30. The Morgan fingerprint density at radius 3 is 2.44 bits per heavy atom. The zero-order valence-corrected chi connectivity index (χ0v) is 14.3. The standard InChI is InChI=1S/C16H22F3N5O/c1-3-8-23(9-4-2)10-7-20-15-21-13-11-12(16(17,18)19)5-6-14(13)24(25)22-15/h5-6,11H,3-4,7-10H2,1-2H3,(H,20,21,22). The maximum absolute atomic E-state index is 12.8. The van der Waals surface area contributed by atoms with Crippen molar-refractivity contribution >= 4 is 17.0 Å². The lowest BCUT2D eigenvalue weighted by atomic mass is 10.2. The van der Waals surface area contributed by atoms with Crippen molar-refractivity contribution in [2.24, 2.45) is 0 Å². The number of benzene rings is 1. The molecule has 0 aliphatic heterocycles.